The van der Waals surface area contributed by atoms with Gasteiger partial charge in [0, 0.05) is 18.1 Å². The van der Waals surface area contributed by atoms with Crippen LogP contribution in [0.1, 0.15) is 5.56 Å². The van der Waals surface area contributed by atoms with Crippen molar-refractivity contribution in [1.82, 2.24) is 4.31 Å². The van der Waals surface area contributed by atoms with Crippen LogP contribution in [0.4, 0.5) is 0 Å². The van der Waals surface area contributed by atoms with Gasteiger partial charge in [0.15, 0.2) is 0 Å². The maximum absolute atomic E-state index is 12.7. The lowest BCUT2D eigenvalue weighted by Crippen LogP contribution is -2.47. The molecule has 1 heterocycles. The van der Waals surface area contributed by atoms with E-state index in [0.717, 1.165) is 5.75 Å². The van der Waals surface area contributed by atoms with Gasteiger partial charge in [-0.25, -0.2) is 8.42 Å². The fourth-order valence-corrected chi connectivity index (χ4v) is 4.51. The molecule has 5 nitrogen and oxygen atoms in total. The third-order valence-electron chi connectivity index (χ3n) is 3.97. The van der Waals surface area contributed by atoms with E-state index in [4.69, 9.17) is 21.1 Å². The van der Waals surface area contributed by atoms with Crippen molar-refractivity contribution < 1.29 is 17.9 Å². The molecule has 0 aliphatic carbocycles. The van der Waals surface area contributed by atoms with Crippen LogP contribution < -0.4 is 4.74 Å². The highest BCUT2D eigenvalue weighted by Gasteiger charge is 2.30. The summed E-state index contributed by atoms with van der Waals surface area (Å²) in [5, 5.41) is 0.461. The van der Waals surface area contributed by atoms with Gasteiger partial charge in [0.1, 0.15) is 18.5 Å². The number of hydrogen-bond acceptors (Lipinski definition) is 4. The molecular formula is C18H20ClNO4S. The van der Waals surface area contributed by atoms with Crippen molar-refractivity contribution >= 4 is 21.6 Å². The summed E-state index contributed by atoms with van der Waals surface area (Å²) in [6.07, 6.45) is -0.296. The summed E-state index contributed by atoms with van der Waals surface area (Å²) in [6.45, 7) is 1.28. The molecule has 1 fully saturated rings. The van der Waals surface area contributed by atoms with Gasteiger partial charge in [-0.3, -0.25) is 0 Å². The zero-order valence-corrected chi connectivity index (χ0v) is 15.2. The molecule has 134 valence electrons. The Hall–Kier alpha value is -1.60. The molecule has 0 aromatic heterocycles. The van der Waals surface area contributed by atoms with Gasteiger partial charge in [-0.05, 0) is 23.8 Å². The van der Waals surface area contributed by atoms with Gasteiger partial charge in [-0.2, -0.15) is 4.31 Å². The Kier molecular flexibility index (Phi) is 5.96. The molecule has 1 aliphatic heterocycles. The Morgan fingerprint density at radius 3 is 2.60 bits per heavy atom. The van der Waals surface area contributed by atoms with Gasteiger partial charge in [0.05, 0.1) is 12.4 Å². The second kappa shape index (κ2) is 8.19. The molecule has 2 aromatic carbocycles. The van der Waals surface area contributed by atoms with Crippen LogP contribution in [0.25, 0.3) is 0 Å². The van der Waals surface area contributed by atoms with Gasteiger partial charge in [0.2, 0.25) is 10.0 Å². The lowest BCUT2D eigenvalue weighted by molar-refractivity contribution is -0.0249. The quantitative estimate of drug-likeness (QED) is 0.772. The van der Waals surface area contributed by atoms with Crippen molar-refractivity contribution in [3.63, 3.8) is 0 Å². The van der Waals surface area contributed by atoms with Crippen molar-refractivity contribution in [3.05, 3.63) is 65.2 Å². The van der Waals surface area contributed by atoms with Crippen molar-refractivity contribution in [2.45, 2.75) is 11.9 Å². The molecular weight excluding hydrogens is 362 g/mol. The van der Waals surface area contributed by atoms with Crippen LogP contribution in [0, 0.1) is 0 Å². The van der Waals surface area contributed by atoms with Crippen LogP contribution in [0.2, 0.25) is 5.02 Å². The smallest absolute Gasteiger partial charge is 0.218 e. The first-order valence-corrected chi connectivity index (χ1v) is 10.0. The Labute approximate surface area is 153 Å². The van der Waals surface area contributed by atoms with Crippen LogP contribution in [0.5, 0.6) is 5.75 Å². The largest absolute Gasteiger partial charge is 0.491 e. The molecule has 0 amide bonds. The first kappa shape index (κ1) is 18.2. The predicted octanol–water partition coefficient (Wildman–Crippen LogP) is 2.95. The Morgan fingerprint density at radius 2 is 1.84 bits per heavy atom. The maximum atomic E-state index is 12.7. The minimum atomic E-state index is -3.46. The third-order valence-corrected chi connectivity index (χ3v) is 6.13. The summed E-state index contributed by atoms with van der Waals surface area (Å²) >= 11 is 6.09. The summed E-state index contributed by atoms with van der Waals surface area (Å²) in [5.41, 5.74) is 0.604. The number of ether oxygens (including phenoxy) is 2. The molecule has 25 heavy (non-hydrogen) atoms. The van der Waals surface area contributed by atoms with Gasteiger partial charge in [-0.15, -0.1) is 0 Å². The number of para-hydroxylation sites is 1. The van der Waals surface area contributed by atoms with Gasteiger partial charge >= 0.3 is 0 Å². The highest BCUT2D eigenvalue weighted by molar-refractivity contribution is 7.88. The van der Waals surface area contributed by atoms with Gasteiger partial charge in [0.25, 0.3) is 0 Å². The van der Waals surface area contributed by atoms with Crippen molar-refractivity contribution in [3.8, 4) is 5.75 Å². The van der Waals surface area contributed by atoms with Gasteiger partial charge in [-0.1, -0.05) is 48.0 Å². The fourth-order valence-electron chi connectivity index (χ4n) is 2.65. The highest BCUT2D eigenvalue weighted by atomic mass is 35.5. The molecule has 0 saturated carbocycles. The summed E-state index contributed by atoms with van der Waals surface area (Å²) in [6, 6.07) is 16.4. The minimum Gasteiger partial charge on any atom is -0.491 e. The zero-order chi connectivity index (χ0) is 17.7. The van der Waals surface area contributed by atoms with Crippen molar-refractivity contribution in [2.75, 3.05) is 26.3 Å². The molecule has 0 radical (unpaired) electrons. The lowest BCUT2D eigenvalue weighted by Gasteiger charge is -2.32. The van der Waals surface area contributed by atoms with E-state index in [1.165, 1.54) is 4.31 Å². The van der Waals surface area contributed by atoms with Crippen molar-refractivity contribution in [1.29, 1.82) is 0 Å². The van der Waals surface area contributed by atoms with E-state index >= 15 is 0 Å². The molecule has 1 atom stereocenters. The minimum absolute atomic E-state index is 0.112. The standard InChI is InChI=1S/C18H20ClNO4S/c19-18-9-5-4-6-15(18)14-25(21,22)20-10-11-23-17(12-20)13-24-16-7-2-1-3-8-16/h1-9,17H,10-14H2. The Bertz CT molecular complexity index is 798. The van der Waals surface area contributed by atoms with Crippen molar-refractivity contribution in [2.24, 2.45) is 0 Å². The third kappa shape index (κ3) is 4.95. The summed E-state index contributed by atoms with van der Waals surface area (Å²) in [4.78, 5) is 0. The summed E-state index contributed by atoms with van der Waals surface area (Å²) < 4.78 is 38.2. The molecule has 1 aliphatic rings. The number of benzene rings is 2. The topological polar surface area (TPSA) is 55.8 Å². The van der Waals surface area contributed by atoms with Gasteiger partial charge < -0.3 is 9.47 Å². The van der Waals surface area contributed by atoms with Crippen LogP contribution in [-0.4, -0.2) is 45.1 Å². The first-order chi connectivity index (χ1) is 12.0. The monoisotopic (exact) mass is 381 g/mol. The molecule has 1 saturated heterocycles. The number of rotatable bonds is 6. The van der Waals surface area contributed by atoms with E-state index in [0.29, 0.717) is 30.3 Å². The molecule has 7 heteroatoms. The normalized spacial score (nSPS) is 18.8. The van der Waals surface area contributed by atoms with E-state index in [1.807, 2.05) is 30.3 Å². The fraction of sp³-hybridized carbons (Fsp3) is 0.333. The molecule has 2 aromatic rings. The summed E-state index contributed by atoms with van der Waals surface area (Å²) in [5.74, 6) is 0.626. The highest BCUT2D eigenvalue weighted by Crippen LogP contribution is 2.21. The van der Waals surface area contributed by atoms with Crippen LogP contribution >= 0.6 is 11.6 Å². The molecule has 0 N–H and O–H groups in total. The molecule has 1 unspecified atom stereocenters. The molecule has 0 bridgehead atoms. The second-order valence-electron chi connectivity index (χ2n) is 5.82. The average Bonchev–Trinajstić information content (AvgIpc) is 2.63. The van der Waals surface area contributed by atoms with E-state index in [-0.39, 0.29) is 18.4 Å². The van der Waals surface area contributed by atoms with Crippen LogP contribution in [-0.2, 0) is 20.5 Å². The van der Waals surface area contributed by atoms with Crippen LogP contribution in [0.15, 0.2) is 54.6 Å². The number of halogens is 1. The van der Waals surface area contributed by atoms with E-state index < -0.39 is 10.0 Å². The number of hydrogen-bond donors (Lipinski definition) is 0. The first-order valence-electron chi connectivity index (χ1n) is 8.05. The number of morpholine rings is 1. The number of nitrogens with zero attached hydrogens (tertiary/aromatic N) is 1. The predicted molar refractivity (Wildman–Crippen MR) is 97.3 cm³/mol. The molecule has 0 spiro atoms. The lowest BCUT2D eigenvalue weighted by atomic mass is 10.2. The van der Waals surface area contributed by atoms with Crippen LogP contribution in [0.3, 0.4) is 0 Å². The Morgan fingerprint density at radius 1 is 1.12 bits per heavy atom. The Balaban J connectivity index is 1.61. The zero-order valence-electron chi connectivity index (χ0n) is 13.7. The second-order valence-corrected chi connectivity index (χ2v) is 8.20. The van der Waals surface area contributed by atoms with E-state index in [1.54, 1.807) is 24.3 Å². The maximum Gasteiger partial charge on any atom is 0.218 e. The molecule has 3 rings (SSSR count). The van der Waals surface area contributed by atoms with E-state index in [2.05, 4.69) is 0 Å². The van der Waals surface area contributed by atoms with E-state index in [9.17, 15) is 8.42 Å². The number of sulfonamides is 1. The summed E-state index contributed by atoms with van der Waals surface area (Å²) in [7, 11) is -3.46. The SMILES string of the molecule is O=S(=O)(Cc1ccccc1Cl)N1CCOC(COc2ccccc2)C1. The average molecular weight is 382 g/mol.